The summed E-state index contributed by atoms with van der Waals surface area (Å²) in [7, 11) is 0. The average molecular weight is 222 g/mol. The summed E-state index contributed by atoms with van der Waals surface area (Å²) in [5.74, 6) is 0.460. The topological polar surface area (TPSA) is 46.5 Å². The Morgan fingerprint density at radius 1 is 1.31 bits per heavy atom. The van der Waals surface area contributed by atoms with E-state index in [-0.39, 0.29) is 18.3 Å². The number of Topliss-reactive ketones (excluding diaryl/α,β-unsaturated/α-hetero) is 1. The summed E-state index contributed by atoms with van der Waals surface area (Å²) in [6.07, 6.45) is 0.655. The molecule has 1 rings (SSSR count). The Labute approximate surface area is 96.1 Å². The van der Waals surface area contributed by atoms with Gasteiger partial charge in [0.05, 0.1) is 13.2 Å². The molecule has 0 bridgehead atoms. The van der Waals surface area contributed by atoms with Gasteiger partial charge in [0.2, 0.25) is 0 Å². The number of benzene rings is 1. The van der Waals surface area contributed by atoms with E-state index in [0.717, 1.165) is 5.75 Å². The number of carbonyl (C=O) groups is 1. The van der Waals surface area contributed by atoms with Gasteiger partial charge in [-0.1, -0.05) is 6.92 Å². The number of aliphatic hydroxyl groups excluding tert-OH is 1. The van der Waals surface area contributed by atoms with Crippen LogP contribution in [0.25, 0.3) is 0 Å². The van der Waals surface area contributed by atoms with Gasteiger partial charge in [0.1, 0.15) is 5.75 Å². The minimum absolute atomic E-state index is 0.00644. The number of ketones is 1. The summed E-state index contributed by atoms with van der Waals surface area (Å²) in [6, 6.07) is 7.04. The summed E-state index contributed by atoms with van der Waals surface area (Å²) in [5.41, 5.74) is 0.629. The maximum absolute atomic E-state index is 11.9. The van der Waals surface area contributed by atoms with Crippen molar-refractivity contribution in [3.63, 3.8) is 0 Å². The van der Waals surface area contributed by atoms with Gasteiger partial charge in [-0.15, -0.1) is 0 Å². The Kier molecular flexibility index (Phi) is 4.99. The summed E-state index contributed by atoms with van der Waals surface area (Å²) in [6.45, 7) is 4.33. The Hall–Kier alpha value is -1.35. The van der Waals surface area contributed by atoms with E-state index in [1.54, 1.807) is 24.3 Å². The van der Waals surface area contributed by atoms with E-state index in [1.165, 1.54) is 0 Å². The molecule has 0 fully saturated rings. The molecule has 3 heteroatoms. The molecule has 0 saturated heterocycles. The van der Waals surface area contributed by atoms with Crippen molar-refractivity contribution in [2.24, 2.45) is 5.92 Å². The highest BCUT2D eigenvalue weighted by molar-refractivity contribution is 5.98. The lowest BCUT2D eigenvalue weighted by molar-refractivity contribution is 0.0856. The number of carbonyl (C=O) groups excluding carboxylic acids is 1. The van der Waals surface area contributed by atoms with Crippen molar-refractivity contribution < 1.29 is 14.6 Å². The van der Waals surface area contributed by atoms with Gasteiger partial charge >= 0.3 is 0 Å². The average Bonchev–Trinajstić information content (AvgIpc) is 2.32. The summed E-state index contributed by atoms with van der Waals surface area (Å²) < 4.78 is 5.29. The molecular weight excluding hydrogens is 204 g/mol. The SMILES string of the molecule is CCOc1ccc(C(=O)C(CC)CO)cc1. The van der Waals surface area contributed by atoms with Crippen molar-refractivity contribution in [2.75, 3.05) is 13.2 Å². The van der Waals surface area contributed by atoms with Crippen LogP contribution in [0.1, 0.15) is 30.6 Å². The van der Waals surface area contributed by atoms with Crippen LogP contribution in [0.5, 0.6) is 5.75 Å². The van der Waals surface area contributed by atoms with E-state index >= 15 is 0 Å². The number of ether oxygens (including phenoxy) is 1. The lowest BCUT2D eigenvalue weighted by Gasteiger charge is -2.10. The molecule has 0 aromatic heterocycles. The summed E-state index contributed by atoms with van der Waals surface area (Å²) in [5, 5.41) is 9.05. The molecule has 0 aliphatic rings. The van der Waals surface area contributed by atoms with Gasteiger partial charge in [-0.05, 0) is 37.6 Å². The quantitative estimate of drug-likeness (QED) is 0.751. The normalized spacial score (nSPS) is 12.2. The smallest absolute Gasteiger partial charge is 0.168 e. The molecule has 1 aromatic rings. The van der Waals surface area contributed by atoms with Gasteiger partial charge in [0.25, 0.3) is 0 Å². The first-order chi connectivity index (χ1) is 7.72. The third kappa shape index (κ3) is 3.07. The minimum atomic E-state index is -0.294. The van der Waals surface area contributed by atoms with Crippen molar-refractivity contribution in [1.29, 1.82) is 0 Å². The Morgan fingerprint density at radius 3 is 2.38 bits per heavy atom. The molecule has 0 radical (unpaired) electrons. The Balaban J connectivity index is 2.76. The van der Waals surface area contributed by atoms with Gasteiger partial charge in [-0.25, -0.2) is 0 Å². The minimum Gasteiger partial charge on any atom is -0.494 e. The van der Waals surface area contributed by atoms with Crippen LogP contribution in [0.4, 0.5) is 0 Å². The van der Waals surface area contributed by atoms with Gasteiger partial charge in [-0.3, -0.25) is 4.79 Å². The zero-order valence-corrected chi connectivity index (χ0v) is 9.77. The number of aliphatic hydroxyl groups is 1. The van der Waals surface area contributed by atoms with Crippen LogP contribution >= 0.6 is 0 Å². The molecule has 1 aromatic carbocycles. The molecule has 3 nitrogen and oxygen atoms in total. The van der Waals surface area contributed by atoms with E-state index in [2.05, 4.69) is 0 Å². The van der Waals surface area contributed by atoms with Crippen LogP contribution < -0.4 is 4.74 Å². The van der Waals surface area contributed by atoms with Crippen molar-refractivity contribution in [3.8, 4) is 5.75 Å². The first-order valence-electron chi connectivity index (χ1n) is 5.60. The number of hydrogen-bond acceptors (Lipinski definition) is 3. The monoisotopic (exact) mass is 222 g/mol. The summed E-state index contributed by atoms with van der Waals surface area (Å²) >= 11 is 0. The molecule has 88 valence electrons. The lowest BCUT2D eigenvalue weighted by Crippen LogP contribution is -2.17. The molecular formula is C13H18O3. The highest BCUT2D eigenvalue weighted by atomic mass is 16.5. The highest BCUT2D eigenvalue weighted by Gasteiger charge is 2.16. The standard InChI is InChI=1S/C13H18O3/c1-3-10(9-14)13(15)11-5-7-12(8-6-11)16-4-2/h5-8,10,14H,3-4,9H2,1-2H3. The first kappa shape index (κ1) is 12.7. The third-order valence-electron chi connectivity index (χ3n) is 2.53. The van der Waals surface area contributed by atoms with E-state index < -0.39 is 0 Å². The Morgan fingerprint density at radius 2 is 1.94 bits per heavy atom. The number of hydrogen-bond donors (Lipinski definition) is 1. The molecule has 0 saturated carbocycles. The second-order valence-corrected chi connectivity index (χ2v) is 3.61. The largest absolute Gasteiger partial charge is 0.494 e. The molecule has 1 atom stereocenters. The molecule has 0 aliphatic carbocycles. The second-order valence-electron chi connectivity index (χ2n) is 3.61. The van der Waals surface area contributed by atoms with E-state index in [9.17, 15) is 4.79 Å². The first-order valence-corrected chi connectivity index (χ1v) is 5.60. The second kappa shape index (κ2) is 6.28. The summed E-state index contributed by atoms with van der Waals surface area (Å²) in [4.78, 5) is 11.9. The van der Waals surface area contributed by atoms with Gasteiger partial charge in [0.15, 0.2) is 5.78 Å². The van der Waals surface area contributed by atoms with Crippen LogP contribution in [-0.2, 0) is 0 Å². The van der Waals surface area contributed by atoms with Gasteiger partial charge in [0, 0.05) is 11.5 Å². The van der Waals surface area contributed by atoms with E-state index in [0.29, 0.717) is 18.6 Å². The van der Waals surface area contributed by atoms with Crippen LogP contribution in [0.15, 0.2) is 24.3 Å². The van der Waals surface area contributed by atoms with Crippen molar-refractivity contribution >= 4 is 5.78 Å². The molecule has 0 heterocycles. The highest BCUT2D eigenvalue weighted by Crippen LogP contribution is 2.16. The van der Waals surface area contributed by atoms with E-state index in [1.807, 2.05) is 13.8 Å². The fourth-order valence-electron chi connectivity index (χ4n) is 1.52. The molecule has 1 unspecified atom stereocenters. The van der Waals surface area contributed by atoms with Crippen LogP contribution in [0.2, 0.25) is 0 Å². The molecule has 0 amide bonds. The maximum atomic E-state index is 11.9. The lowest BCUT2D eigenvalue weighted by atomic mass is 9.96. The van der Waals surface area contributed by atoms with Crippen LogP contribution in [0.3, 0.4) is 0 Å². The maximum Gasteiger partial charge on any atom is 0.168 e. The third-order valence-corrected chi connectivity index (χ3v) is 2.53. The van der Waals surface area contributed by atoms with Gasteiger partial charge in [-0.2, -0.15) is 0 Å². The van der Waals surface area contributed by atoms with Crippen molar-refractivity contribution in [3.05, 3.63) is 29.8 Å². The van der Waals surface area contributed by atoms with Crippen molar-refractivity contribution in [1.82, 2.24) is 0 Å². The zero-order chi connectivity index (χ0) is 12.0. The Bertz CT molecular complexity index is 326. The van der Waals surface area contributed by atoms with Crippen molar-refractivity contribution in [2.45, 2.75) is 20.3 Å². The fourth-order valence-corrected chi connectivity index (χ4v) is 1.52. The van der Waals surface area contributed by atoms with Crippen LogP contribution in [0, 0.1) is 5.92 Å². The molecule has 0 spiro atoms. The molecule has 1 N–H and O–H groups in total. The molecule has 0 aliphatic heterocycles. The predicted molar refractivity (Wildman–Crippen MR) is 62.8 cm³/mol. The number of rotatable bonds is 6. The van der Waals surface area contributed by atoms with E-state index in [4.69, 9.17) is 9.84 Å². The zero-order valence-electron chi connectivity index (χ0n) is 9.77. The fraction of sp³-hybridized carbons (Fsp3) is 0.462. The van der Waals surface area contributed by atoms with Crippen LogP contribution in [-0.4, -0.2) is 24.1 Å². The molecule has 16 heavy (non-hydrogen) atoms. The van der Waals surface area contributed by atoms with Gasteiger partial charge < -0.3 is 9.84 Å². The predicted octanol–water partition coefficient (Wildman–Crippen LogP) is 2.29.